The Labute approximate surface area is 147 Å². The van der Waals surface area contributed by atoms with Gasteiger partial charge in [-0.2, -0.15) is 0 Å². The Morgan fingerprint density at radius 3 is 2.64 bits per heavy atom. The normalized spacial score (nSPS) is 12.2. The van der Waals surface area contributed by atoms with Crippen molar-refractivity contribution in [1.29, 1.82) is 0 Å². The summed E-state index contributed by atoms with van der Waals surface area (Å²) in [4.78, 5) is 16.8. The molecule has 130 valence electrons. The molecule has 25 heavy (non-hydrogen) atoms. The number of hydrogen-bond donors (Lipinski definition) is 2. The lowest BCUT2D eigenvalue weighted by Crippen LogP contribution is -2.35. The van der Waals surface area contributed by atoms with Crippen molar-refractivity contribution in [1.82, 2.24) is 14.9 Å². The summed E-state index contributed by atoms with van der Waals surface area (Å²) >= 11 is 0. The zero-order valence-corrected chi connectivity index (χ0v) is 14.4. The second-order valence-electron chi connectivity index (χ2n) is 6.25. The second-order valence-corrected chi connectivity index (χ2v) is 6.25. The van der Waals surface area contributed by atoms with Crippen LogP contribution in [0, 0.1) is 0 Å². The molecule has 0 fully saturated rings. The topological polar surface area (TPSA) is 67.2 Å². The number of rotatable bonds is 7. The summed E-state index contributed by atoms with van der Waals surface area (Å²) in [6, 6.07) is 17.9. The Hall–Kier alpha value is -2.66. The Bertz CT molecular complexity index is 843. The number of aromatic nitrogens is 2. The molecule has 3 aromatic rings. The molecule has 1 aromatic heterocycles. The number of aryl methyl sites for hydroxylation is 1. The summed E-state index contributed by atoms with van der Waals surface area (Å²) in [6.45, 7) is 1.98. The molecule has 2 aromatic carbocycles. The van der Waals surface area contributed by atoms with Crippen LogP contribution in [0.3, 0.4) is 0 Å². The van der Waals surface area contributed by atoms with Crippen LogP contribution in [0.25, 0.3) is 11.0 Å². The highest BCUT2D eigenvalue weighted by Crippen LogP contribution is 2.16. The van der Waals surface area contributed by atoms with E-state index in [0.717, 1.165) is 23.9 Å². The first-order chi connectivity index (χ1) is 12.2. The number of nitrogens with one attached hydrogen (secondary N) is 1. The Balaban J connectivity index is 1.61. The monoisotopic (exact) mass is 337 g/mol. The molecule has 0 saturated heterocycles. The van der Waals surface area contributed by atoms with Crippen LogP contribution in [0.2, 0.25) is 0 Å². The van der Waals surface area contributed by atoms with E-state index in [-0.39, 0.29) is 25.1 Å². The zero-order valence-electron chi connectivity index (χ0n) is 14.4. The molecule has 3 rings (SSSR count). The van der Waals surface area contributed by atoms with Crippen molar-refractivity contribution in [3.8, 4) is 0 Å². The lowest BCUT2D eigenvalue weighted by Gasteiger charge is -2.15. The molecule has 5 nitrogen and oxygen atoms in total. The molecule has 1 atom stereocenters. The minimum absolute atomic E-state index is 0.0709. The predicted octanol–water partition coefficient (Wildman–Crippen LogP) is 2.67. The first-order valence-electron chi connectivity index (χ1n) is 8.55. The average Bonchev–Trinajstić information content (AvgIpc) is 2.98. The van der Waals surface area contributed by atoms with Crippen molar-refractivity contribution in [2.75, 3.05) is 0 Å². The Morgan fingerprint density at radius 1 is 1.16 bits per heavy atom. The fraction of sp³-hybridized carbons (Fsp3) is 0.300. The molecule has 0 aliphatic carbocycles. The van der Waals surface area contributed by atoms with Gasteiger partial charge in [0.25, 0.3) is 0 Å². The summed E-state index contributed by atoms with van der Waals surface area (Å²) in [5.41, 5.74) is 2.92. The number of carbonyl (C=O) groups excluding carboxylic acids is 1. The first kappa shape index (κ1) is 17.2. The lowest BCUT2D eigenvalue weighted by atomic mass is 10.1. The summed E-state index contributed by atoms with van der Waals surface area (Å²) in [7, 11) is 0. The van der Waals surface area contributed by atoms with Gasteiger partial charge in [0.2, 0.25) is 5.91 Å². The van der Waals surface area contributed by atoms with Crippen molar-refractivity contribution in [3.05, 3.63) is 66.0 Å². The number of nitrogens with zero attached hydrogens (tertiary/aromatic N) is 2. The van der Waals surface area contributed by atoms with Crippen molar-refractivity contribution < 1.29 is 9.90 Å². The summed E-state index contributed by atoms with van der Waals surface area (Å²) in [5, 5.41) is 12.5. The fourth-order valence-corrected chi connectivity index (χ4v) is 2.99. The van der Waals surface area contributed by atoms with Gasteiger partial charge in [-0.3, -0.25) is 4.79 Å². The van der Waals surface area contributed by atoms with Crippen LogP contribution in [0.5, 0.6) is 0 Å². The van der Waals surface area contributed by atoms with Crippen molar-refractivity contribution in [3.63, 3.8) is 0 Å². The predicted molar refractivity (Wildman–Crippen MR) is 98.0 cm³/mol. The molecule has 0 aliphatic rings. The van der Waals surface area contributed by atoms with Gasteiger partial charge in [-0.25, -0.2) is 4.98 Å². The van der Waals surface area contributed by atoms with E-state index in [1.165, 1.54) is 5.56 Å². The van der Waals surface area contributed by atoms with Gasteiger partial charge < -0.3 is 15.0 Å². The Morgan fingerprint density at radius 2 is 1.88 bits per heavy atom. The van der Waals surface area contributed by atoms with Gasteiger partial charge in [0, 0.05) is 6.04 Å². The van der Waals surface area contributed by atoms with Gasteiger partial charge >= 0.3 is 0 Å². The van der Waals surface area contributed by atoms with E-state index < -0.39 is 0 Å². The third kappa shape index (κ3) is 4.25. The molecule has 0 saturated carbocycles. The minimum Gasteiger partial charge on any atom is -0.388 e. The largest absolute Gasteiger partial charge is 0.388 e. The highest BCUT2D eigenvalue weighted by molar-refractivity contribution is 5.81. The third-order valence-corrected chi connectivity index (χ3v) is 4.29. The molecular formula is C20H23N3O2. The van der Waals surface area contributed by atoms with E-state index >= 15 is 0 Å². The number of benzene rings is 2. The van der Waals surface area contributed by atoms with Crippen LogP contribution in [-0.4, -0.2) is 26.6 Å². The standard InChI is InChI=1S/C20H23N3O2/c1-15(11-12-16-7-3-2-4-8-16)21-20(25)13-23-18-10-6-5-9-17(18)22-19(23)14-24/h2-10,15,24H,11-14H2,1H3,(H,21,25)/t15-/m0/s1. The van der Waals surface area contributed by atoms with Gasteiger partial charge in [0.05, 0.1) is 11.0 Å². The number of aliphatic hydroxyl groups is 1. The highest BCUT2D eigenvalue weighted by Gasteiger charge is 2.14. The smallest absolute Gasteiger partial charge is 0.240 e. The number of aliphatic hydroxyl groups excluding tert-OH is 1. The van der Waals surface area contributed by atoms with Crippen molar-refractivity contribution in [2.24, 2.45) is 0 Å². The minimum atomic E-state index is -0.189. The van der Waals surface area contributed by atoms with E-state index in [0.29, 0.717) is 5.82 Å². The second kappa shape index (κ2) is 7.94. The molecule has 1 heterocycles. The fourth-order valence-electron chi connectivity index (χ4n) is 2.99. The van der Waals surface area contributed by atoms with Crippen LogP contribution in [0.1, 0.15) is 24.7 Å². The van der Waals surface area contributed by atoms with Crippen LogP contribution in [-0.2, 0) is 24.4 Å². The molecule has 5 heteroatoms. The van der Waals surface area contributed by atoms with Crippen molar-refractivity contribution in [2.45, 2.75) is 39.0 Å². The maximum Gasteiger partial charge on any atom is 0.240 e. The number of carbonyl (C=O) groups is 1. The highest BCUT2D eigenvalue weighted by atomic mass is 16.3. The van der Waals surface area contributed by atoms with E-state index in [1.54, 1.807) is 4.57 Å². The van der Waals surface area contributed by atoms with Crippen molar-refractivity contribution >= 4 is 16.9 Å². The molecule has 0 bridgehead atoms. The van der Waals surface area contributed by atoms with E-state index in [4.69, 9.17) is 0 Å². The molecule has 0 spiro atoms. The number of para-hydroxylation sites is 2. The number of amides is 1. The summed E-state index contributed by atoms with van der Waals surface area (Å²) in [5.74, 6) is 0.437. The maximum atomic E-state index is 12.4. The molecule has 0 aliphatic heterocycles. The molecule has 1 amide bonds. The SMILES string of the molecule is C[C@@H](CCc1ccccc1)NC(=O)Cn1c(CO)nc2ccccc21. The van der Waals surface area contributed by atoms with E-state index in [1.807, 2.05) is 49.4 Å². The molecule has 0 unspecified atom stereocenters. The number of imidazole rings is 1. The van der Waals surface area contributed by atoms with Gasteiger partial charge in [-0.15, -0.1) is 0 Å². The summed E-state index contributed by atoms with van der Waals surface area (Å²) < 4.78 is 1.77. The van der Waals surface area contributed by atoms with E-state index in [9.17, 15) is 9.90 Å². The number of hydrogen-bond acceptors (Lipinski definition) is 3. The van der Waals surface area contributed by atoms with Gasteiger partial charge in [-0.05, 0) is 37.5 Å². The van der Waals surface area contributed by atoms with Gasteiger partial charge in [0.1, 0.15) is 19.0 Å². The molecule has 2 N–H and O–H groups in total. The maximum absolute atomic E-state index is 12.4. The van der Waals surface area contributed by atoms with Crippen LogP contribution >= 0.6 is 0 Å². The first-order valence-corrected chi connectivity index (χ1v) is 8.55. The molecular weight excluding hydrogens is 314 g/mol. The van der Waals surface area contributed by atoms with Crippen LogP contribution in [0.4, 0.5) is 0 Å². The quantitative estimate of drug-likeness (QED) is 0.696. The average molecular weight is 337 g/mol. The Kier molecular flexibility index (Phi) is 5.46. The summed E-state index contributed by atoms with van der Waals surface area (Å²) in [6.07, 6.45) is 1.81. The van der Waals surface area contributed by atoms with Gasteiger partial charge in [-0.1, -0.05) is 42.5 Å². The zero-order chi connectivity index (χ0) is 17.6. The molecule has 0 radical (unpaired) electrons. The van der Waals surface area contributed by atoms with Crippen LogP contribution in [0.15, 0.2) is 54.6 Å². The van der Waals surface area contributed by atoms with Crippen LogP contribution < -0.4 is 5.32 Å². The lowest BCUT2D eigenvalue weighted by molar-refractivity contribution is -0.122. The van der Waals surface area contributed by atoms with E-state index in [2.05, 4.69) is 22.4 Å². The van der Waals surface area contributed by atoms with Gasteiger partial charge in [0.15, 0.2) is 0 Å². The third-order valence-electron chi connectivity index (χ3n) is 4.29. The number of fused-ring (bicyclic) bond motifs is 1.